The molecule has 0 aliphatic carbocycles. The highest BCUT2D eigenvalue weighted by atomic mass is 16.6. The number of carbonyl (C=O) groups is 2. The fourth-order valence-corrected chi connectivity index (χ4v) is 2.76. The highest BCUT2D eigenvalue weighted by Gasteiger charge is 2.31. The molecule has 27 heavy (non-hydrogen) atoms. The molecule has 0 heterocycles. The average molecular weight is 373 g/mol. The van der Waals surface area contributed by atoms with Gasteiger partial charge in [-0.1, -0.05) is 12.1 Å². The van der Waals surface area contributed by atoms with Crippen LogP contribution in [0.1, 0.15) is 40.1 Å². The number of para-hydroxylation sites is 1. The van der Waals surface area contributed by atoms with Gasteiger partial charge in [0.15, 0.2) is 0 Å². The van der Waals surface area contributed by atoms with E-state index in [1.54, 1.807) is 13.8 Å². The minimum atomic E-state index is -0.931. The quantitative estimate of drug-likeness (QED) is 0.483. The van der Waals surface area contributed by atoms with Crippen LogP contribution in [-0.2, 0) is 9.47 Å². The fraction of sp³-hybridized carbons (Fsp3) is 0.263. The maximum atomic E-state index is 12.7. The number of nitro benzene ring substituents is 1. The SMILES string of the molecule is COC(=O)c1c(O)cc(C)c(C(=O)OC(C)C)c1-c1ccccc1[N+](=O)[O-]. The van der Waals surface area contributed by atoms with Crippen molar-refractivity contribution < 1.29 is 29.1 Å². The summed E-state index contributed by atoms with van der Waals surface area (Å²) in [5.74, 6) is -2.14. The summed E-state index contributed by atoms with van der Waals surface area (Å²) in [5.41, 5.74) is -0.510. The number of hydrogen-bond donors (Lipinski definition) is 1. The monoisotopic (exact) mass is 373 g/mol. The third-order valence-corrected chi connectivity index (χ3v) is 3.81. The van der Waals surface area contributed by atoms with E-state index < -0.39 is 28.7 Å². The number of phenols is 1. The summed E-state index contributed by atoms with van der Waals surface area (Å²) < 4.78 is 9.96. The van der Waals surface area contributed by atoms with Crippen LogP contribution >= 0.6 is 0 Å². The lowest BCUT2D eigenvalue weighted by atomic mass is 9.89. The van der Waals surface area contributed by atoms with Crippen LogP contribution in [0.2, 0.25) is 0 Å². The Balaban J connectivity index is 2.97. The number of phenolic OH excluding ortho intramolecular Hbond substituents is 1. The number of nitrogens with zero attached hydrogens (tertiary/aromatic N) is 1. The predicted molar refractivity (Wildman–Crippen MR) is 96.8 cm³/mol. The van der Waals surface area contributed by atoms with Gasteiger partial charge >= 0.3 is 11.9 Å². The van der Waals surface area contributed by atoms with Crippen molar-refractivity contribution in [3.05, 3.63) is 57.1 Å². The molecule has 1 N–H and O–H groups in total. The Morgan fingerprint density at radius 1 is 1.15 bits per heavy atom. The molecule has 2 rings (SSSR count). The van der Waals surface area contributed by atoms with Crippen LogP contribution in [0.15, 0.2) is 30.3 Å². The Labute approximate surface area is 155 Å². The van der Waals surface area contributed by atoms with Gasteiger partial charge in [0.1, 0.15) is 11.3 Å². The summed E-state index contributed by atoms with van der Waals surface area (Å²) in [6, 6.07) is 6.85. The molecule has 2 aromatic rings. The number of hydrogen-bond acceptors (Lipinski definition) is 7. The predicted octanol–water partition coefficient (Wildman–Crippen LogP) is 3.63. The third kappa shape index (κ3) is 3.89. The van der Waals surface area contributed by atoms with Crippen molar-refractivity contribution in [2.45, 2.75) is 26.9 Å². The number of ether oxygens (including phenoxy) is 2. The molecule has 0 bridgehead atoms. The topological polar surface area (TPSA) is 116 Å². The fourth-order valence-electron chi connectivity index (χ4n) is 2.76. The molecule has 0 spiro atoms. The zero-order valence-electron chi connectivity index (χ0n) is 15.3. The second kappa shape index (κ2) is 7.86. The van der Waals surface area contributed by atoms with Crippen LogP contribution in [0, 0.1) is 17.0 Å². The van der Waals surface area contributed by atoms with Crippen molar-refractivity contribution in [2.24, 2.45) is 0 Å². The highest BCUT2D eigenvalue weighted by molar-refractivity contribution is 6.09. The molecule has 8 heteroatoms. The molecule has 142 valence electrons. The molecule has 0 fully saturated rings. The first-order valence-corrected chi connectivity index (χ1v) is 8.08. The standard InChI is InChI=1S/C19H19NO7/c1-10(2)27-19(23)15-11(3)9-14(21)17(18(22)26-4)16(15)12-7-5-6-8-13(12)20(24)25/h5-10,21H,1-4H3. The minimum Gasteiger partial charge on any atom is -0.507 e. The number of methoxy groups -OCH3 is 1. The average Bonchev–Trinajstić information content (AvgIpc) is 2.59. The molecule has 0 saturated carbocycles. The van der Waals surface area contributed by atoms with Gasteiger partial charge in [-0.05, 0) is 38.5 Å². The lowest BCUT2D eigenvalue weighted by molar-refractivity contribution is -0.384. The van der Waals surface area contributed by atoms with E-state index in [9.17, 15) is 24.8 Å². The largest absolute Gasteiger partial charge is 0.507 e. The zero-order chi connectivity index (χ0) is 20.3. The number of nitro groups is 1. The Hall–Kier alpha value is -3.42. The van der Waals surface area contributed by atoms with Gasteiger partial charge in [0.05, 0.1) is 29.3 Å². The Bertz CT molecular complexity index is 919. The van der Waals surface area contributed by atoms with Crippen molar-refractivity contribution in [1.82, 2.24) is 0 Å². The smallest absolute Gasteiger partial charge is 0.342 e. The van der Waals surface area contributed by atoms with E-state index in [-0.39, 0.29) is 27.9 Å². The molecule has 0 atom stereocenters. The summed E-state index contributed by atoms with van der Waals surface area (Å²) in [4.78, 5) is 35.9. The maximum absolute atomic E-state index is 12.7. The molecule has 0 saturated heterocycles. The second-order valence-electron chi connectivity index (χ2n) is 6.06. The van der Waals surface area contributed by atoms with Crippen LogP contribution < -0.4 is 0 Å². The number of benzene rings is 2. The summed E-state index contributed by atoms with van der Waals surface area (Å²) in [7, 11) is 1.11. The first-order chi connectivity index (χ1) is 12.7. The molecule has 0 aliphatic rings. The van der Waals surface area contributed by atoms with Gasteiger partial charge < -0.3 is 14.6 Å². The zero-order valence-corrected chi connectivity index (χ0v) is 15.3. The molecule has 2 aromatic carbocycles. The van der Waals surface area contributed by atoms with Gasteiger partial charge in [0, 0.05) is 11.6 Å². The summed E-state index contributed by atoms with van der Waals surface area (Å²) >= 11 is 0. The van der Waals surface area contributed by atoms with E-state index >= 15 is 0 Å². The first kappa shape index (κ1) is 19.9. The van der Waals surface area contributed by atoms with E-state index in [0.717, 1.165) is 7.11 Å². The van der Waals surface area contributed by atoms with Crippen LogP contribution in [-0.4, -0.2) is 35.2 Å². The third-order valence-electron chi connectivity index (χ3n) is 3.81. The summed E-state index contributed by atoms with van der Waals surface area (Å²) in [5, 5.41) is 21.8. The minimum absolute atomic E-state index is 0.00222. The molecular weight excluding hydrogens is 354 g/mol. The van der Waals surface area contributed by atoms with Gasteiger partial charge in [-0.3, -0.25) is 10.1 Å². The van der Waals surface area contributed by atoms with Crippen LogP contribution in [0.25, 0.3) is 11.1 Å². The molecule has 0 aliphatic heterocycles. The van der Waals surface area contributed by atoms with Crippen molar-refractivity contribution in [2.75, 3.05) is 7.11 Å². The van der Waals surface area contributed by atoms with Crippen LogP contribution in [0.5, 0.6) is 5.75 Å². The first-order valence-electron chi connectivity index (χ1n) is 8.08. The Morgan fingerprint density at radius 3 is 2.33 bits per heavy atom. The van der Waals surface area contributed by atoms with Gasteiger partial charge in [-0.15, -0.1) is 0 Å². The van der Waals surface area contributed by atoms with E-state index in [1.807, 2.05) is 0 Å². The molecular formula is C19H19NO7. The summed E-state index contributed by atoms with van der Waals surface area (Å²) in [6.45, 7) is 4.84. The summed E-state index contributed by atoms with van der Waals surface area (Å²) in [6.07, 6.45) is -0.453. The highest BCUT2D eigenvalue weighted by Crippen LogP contribution is 2.40. The van der Waals surface area contributed by atoms with E-state index in [1.165, 1.54) is 37.3 Å². The van der Waals surface area contributed by atoms with Gasteiger partial charge in [0.2, 0.25) is 0 Å². The normalized spacial score (nSPS) is 10.6. The number of aryl methyl sites for hydroxylation is 1. The van der Waals surface area contributed by atoms with Crippen LogP contribution in [0.4, 0.5) is 5.69 Å². The number of rotatable bonds is 5. The molecule has 8 nitrogen and oxygen atoms in total. The Kier molecular flexibility index (Phi) is 5.79. The van der Waals surface area contributed by atoms with E-state index in [0.29, 0.717) is 5.56 Å². The van der Waals surface area contributed by atoms with E-state index in [4.69, 9.17) is 9.47 Å². The van der Waals surface area contributed by atoms with Crippen molar-refractivity contribution >= 4 is 17.6 Å². The van der Waals surface area contributed by atoms with E-state index in [2.05, 4.69) is 0 Å². The maximum Gasteiger partial charge on any atom is 0.342 e. The Morgan fingerprint density at radius 2 is 1.78 bits per heavy atom. The second-order valence-corrected chi connectivity index (χ2v) is 6.06. The van der Waals surface area contributed by atoms with Crippen molar-refractivity contribution in [1.29, 1.82) is 0 Å². The lowest BCUT2D eigenvalue weighted by Gasteiger charge is -2.18. The number of aromatic hydroxyl groups is 1. The van der Waals surface area contributed by atoms with Crippen LogP contribution in [0.3, 0.4) is 0 Å². The van der Waals surface area contributed by atoms with Gasteiger partial charge in [0.25, 0.3) is 5.69 Å². The molecule has 0 amide bonds. The van der Waals surface area contributed by atoms with Gasteiger partial charge in [-0.25, -0.2) is 9.59 Å². The molecule has 0 unspecified atom stereocenters. The number of esters is 2. The molecule has 0 radical (unpaired) electrons. The van der Waals surface area contributed by atoms with Crippen molar-refractivity contribution in [3.8, 4) is 16.9 Å². The lowest BCUT2D eigenvalue weighted by Crippen LogP contribution is -2.17. The van der Waals surface area contributed by atoms with Gasteiger partial charge in [-0.2, -0.15) is 0 Å². The molecule has 0 aromatic heterocycles. The number of carbonyl (C=O) groups excluding carboxylic acids is 2. The van der Waals surface area contributed by atoms with Crippen molar-refractivity contribution in [3.63, 3.8) is 0 Å².